The number of hydrogen-bond acceptors (Lipinski definition) is 2. The molecular weight excluding hydrogens is 270 g/mol. The molecule has 3 aromatic rings. The standard InChI is InChI=1S/C20H21NO/c1-3-15-8-5-7-11-19(15)21-14-18-17-10-6-4-9-16(17)12-13-20(18)22-2/h4-13,21H,3,14H2,1-2H3. The Morgan fingerprint density at radius 1 is 0.909 bits per heavy atom. The van der Waals surface area contributed by atoms with E-state index in [1.807, 2.05) is 6.07 Å². The van der Waals surface area contributed by atoms with E-state index in [0.29, 0.717) is 0 Å². The van der Waals surface area contributed by atoms with Crippen molar-refractivity contribution in [3.63, 3.8) is 0 Å². The van der Waals surface area contributed by atoms with Crippen LogP contribution in [0.4, 0.5) is 5.69 Å². The quantitative estimate of drug-likeness (QED) is 0.712. The maximum absolute atomic E-state index is 5.56. The zero-order valence-corrected chi connectivity index (χ0v) is 13.1. The van der Waals surface area contributed by atoms with Crippen molar-refractivity contribution in [1.82, 2.24) is 0 Å². The van der Waals surface area contributed by atoms with Gasteiger partial charge in [-0.1, -0.05) is 55.5 Å². The largest absolute Gasteiger partial charge is 0.496 e. The summed E-state index contributed by atoms with van der Waals surface area (Å²) in [6.07, 6.45) is 1.02. The predicted molar refractivity (Wildman–Crippen MR) is 93.6 cm³/mol. The van der Waals surface area contributed by atoms with Crippen molar-refractivity contribution in [2.45, 2.75) is 19.9 Å². The average molecular weight is 291 g/mol. The first-order valence-corrected chi connectivity index (χ1v) is 7.70. The van der Waals surface area contributed by atoms with Gasteiger partial charge < -0.3 is 10.1 Å². The van der Waals surface area contributed by atoms with Crippen LogP contribution in [0.15, 0.2) is 60.7 Å². The third-order valence-corrected chi connectivity index (χ3v) is 4.07. The first kappa shape index (κ1) is 14.5. The molecule has 1 N–H and O–H groups in total. The highest BCUT2D eigenvalue weighted by molar-refractivity contribution is 5.88. The van der Waals surface area contributed by atoms with Crippen LogP contribution in [-0.4, -0.2) is 7.11 Å². The topological polar surface area (TPSA) is 21.3 Å². The fraction of sp³-hybridized carbons (Fsp3) is 0.200. The highest BCUT2D eigenvalue weighted by Gasteiger charge is 2.08. The van der Waals surface area contributed by atoms with Gasteiger partial charge in [0.05, 0.1) is 7.11 Å². The first-order chi connectivity index (χ1) is 10.8. The van der Waals surface area contributed by atoms with Crippen molar-refractivity contribution in [3.05, 3.63) is 71.8 Å². The summed E-state index contributed by atoms with van der Waals surface area (Å²) in [5.74, 6) is 0.931. The minimum Gasteiger partial charge on any atom is -0.496 e. The number of rotatable bonds is 5. The summed E-state index contributed by atoms with van der Waals surface area (Å²) in [5, 5.41) is 6.05. The van der Waals surface area contributed by atoms with E-state index in [1.165, 1.54) is 27.6 Å². The van der Waals surface area contributed by atoms with Gasteiger partial charge in [0.2, 0.25) is 0 Å². The van der Waals surface area contributed by atoms with Crippen LogP contribution in [-0.2, 0) is 13.0 Å². The van der Waals surface area contributed by atoms with Gasteiger partial charge in [-0.3, -0.25) is 0 Å². The first-order valence-electron chi connectivity index (χ1n) is 7.70. The number of benzene rings is 3. The minimum atomic E-state index is 0.752. The van der Waals surface area contributed by atoms with Crippen molar-refractivity contribution in [2.75, 3.05) is 12.4 Å². The lowest BCUT2D eigenvalue weighted by atomic mass is 10.0. The fourth-order valence-electron chi connectivity index (χ4n) is 2.87. The van der Waals surface area contributed by atoms with Crippen LogP contribution < -0.4 is 10.1 Å². The zero-order chi connectivity index (χ0) is 15.4. The molecule has 0 aliphatic rings. The second kappa shape index (κ2) is 6.52. The molecule has 112 valence electrons. The van der Waals surface area contributed by atoms with Crippen molar-refractivity contribution in [2.24, 2.45) is 0 Å². The highest BCUT2D eigenvalue weighted by atomic mass is 16.5. The number of methoxy groups -OCH3 is 1. The van der Waals surface area contributed by atoms with E-state index in [-0.39, 0.29) is 0 Å². The van der Waals surface area contributed by atoms with Gasteiger partial charge in [-0.2, -0.15) is 0 Å². The van der Waals surface area contributed by atoms with E-state index in [4.69, 9.17) is 4.74 Å². The van der Waals surface area contributed by atoms with Crippen molar-refractivity contribution < 1.29 is 4.74 Å². The molecule has 0 spiro atoms. The number of ether oxygens (including phenoxy) is 1. The van der Waals surface area contributed by atoms with Crippen LogP contribution in [0.25, 0.3) is 10.8 Å². The number of nitrogens with one attached hydrogen (secondary N) is 1. The summed E-state index contributed by atoms with van der Waals surface area (Å²) in [4.78, 5) is 0. The molecule has 0 atom stereocenters. The molecule has 0 unspecified atom stereocenters. The minimum absolute atomic E-state index is 0.752. The number of fused-ring (bicyclic) bond motifs is 1. The molecule has 0 aliphatic heterocycles. The summed E-state index contributed by atoms with van der Waals surface area (Å²) in [6, 6.07) is 21.1. The van der Waals surface area contributed by atoms with E-state index in [0.717, 1.165) is 18.7 Å². The number of aryl methyl sites for hydroxylation is 1. The number of anilines is 1. The maximum atomic E-state index is 5.56. The van der Waals surface area contributed by atoms with Crippen LogP contribution in [0.2, 0.25) is 0 Å². The van der Waals surface area contributed by atoms with Gasteiger partial charge in [-0.25, -0.2) is 0 Å². The average Bonchev–Trinajstić information content (AvgIpc) is 2.59. The molecule has 22 heavy (non-hydrogen) atoms. The lowest BCUT2D eigenvalue weighted by Gasteiger charge is -2.15. The molecule has 0 heterocycles. The zero-order valence-electron chi connectivity index (χ0n) is 13.1. The van der Waals surface area contributed by atoms with E-state index in [2.05, 4.69) is 66.8 Å². The van der Waals surface area contributed by atoms with Crippen LogP contribution in [0, 0.1) is 0 Å². The molecular formula is C20H21NO. The van der Waals surface area contributed by atoms with E-state index in [1.54, 1.807) is 7.11 Å². The third kappa shape index (κ3) is 2.77. The summed E-state index contributed by atoms with van der Waals surface area (Å²) in [6.45, 7) is 2.93. The van der Waals surface area contributed by atoms with Gasteiger partial charge in [-0.05, 0) is 34.9 Å². The molecule has 3 aromatic carbocycles. The van der Waals surface area contributed by atoms with Gasteiger partial charge in [0.1, 0.15) is 5.75 Å². The SMILES string of the molecule is CCc1ccccc1NCc1c(OC)ccc2ccccc12. The molecule has 0 radical (unpaired) electrons. The van der Waals surface area contributed by atoms with Gasteiger partial charge in [-0.15, -0.1) is 0 Å². The summed E-state index contributed by atoms with van der Waals surface area (Å²) in [5.41, 5.74) is 3.73. The molecule has 2 heteroatoms. The Labute approximate surface area is 131 Å². The molecule has 0 aromatic heterocycles. The van der Waals surface area contributed by atoms with Crippen molar-refractivity contribution in [3.8, 4) is 5.75 Å². The van der Waals surface area contributed by atoms with Crippen LogP contribution in [0.5, 0.6) is 5.75 Å². The van der Waals surface area contributed by atoms with Gasteiger partial charge in [0, 0.05) is 17.8 Å². The Morgan fingerprint density at radius 2 is 1.68 bits per heavy atom. The summed E-state index contributed by atoms with van der Waals surface area (Å²) in [7, 11) is 1.73. The summed E-state index contributed by atoms with van der Waals surface area (Å²) >= 11 is 0. The predicted octanol–water partition coefficient (Wildman–Crippen LogP) is 5.02. The number of hydrogen-bond donors (Lipinski definition) is 1. The Morgan fingerprint density at radius 3 is 2.50 bits per heavy atom. The fourth-order valence-corrected chi connectivity index (χ4v) is 2.87. The lowest BCUT2D eigenvalue weighted by molar-refractivity contribution is 0.411. The van der Waals surface area contributed by atoms with Crippen molar-refractivity contribution in [1.29, 1.82) is 0 Å². The van der Waals surface area contributed by atoms with E-state index >= 15 is 0 Å². The normalized spacial score (nSPS) is 10.6. The van der Waals surface area contributed by atoms with Crippen LogP contribution in [0.3, 0.4) is 0 Å². The highest BCUT2D eigenvalue weighted by Crippen LogP contribution is 2.29. The molecule has 0 bridgehead atoms. The second-order valence-electron chi connectivity index (χ2n) is 5.33. The monoisotopic (exact) mass is 291 g/mol. The van der Waals surface area contributed by atoms with Crippen LogP contribution in [0.1, 0.15) is 18.1 Å². The summed E-state index contributed by atoms with van der Waals surface area (Å²) < 4.78 is 5.56. The van der Waals surface area contributed by atoms with Crippen LogP contribution >= 0.6 is 0 Å². The van der Waals surface area contributed by atoms with Gasteiger partial charge >= 0.3 is 0 Å². The maximum Gasteiger partial charge on any atom is 0.124 e. The molecule has 0 fully saturated rings. The molecule has 3 rings (SSSR count). The molecule has 0 saturated heterocycles. The van der Waals surface area contributed by atoms with E-state index < -0.39 is 0 Å². The molecule has 2 nitrogen and oxygen atoms in total. The Balaban J connectivity index is 1.96. The second-order valence-corrected chi connectivity index (χ2v) is 5.33. The smallest absolute Gasteiger partial charge is 0.124 e. The molecule has 0 amide bonds. The molecule has 0 aliphatic carbocycles. The van der Waals surface area contributed by atoms with Gasteiger partial charge in [0.25, 0.3) is 0 Å². The van der Waals surface area contributed by atoms with Crippen molar-refractivity contribution >= 4 is 16.5 Å². The number of para-hydroxylation sites is 1. The van der Waals surface area contributed by atoms with E-state index in [9.17, 15) is 0 Å². The Bertz CT molecular complexity index is 780. The third-order valence-electron chi connectivity index (χ3n) is 4.07. The Kier molecular flexibility index (Phi) is 4.29. The van der Waals surface area contributed by atoms with Gasteiger partial charge in [0.15, 0.2) is 0 Å². The Hall–Kier alpha value is -2.48. The molecule has 0 saturated carbocycles. The lowest BCUT2D eigenvalue weighted by Crippen LogP contribution is -2.04.